The van der Waals surface area contributed by atoms with Gasteiger partial charge in [0, 0.05) is 18.7 Å². The molecule has 1 unspecified atom stereocenters. The van der Waals surface area contributed by atoms with E-state index >= 15 is 0 Å². The van der Waals surface area contributed by atoms with E-state index in [0.717, 1.165) is 28.9 Å². The van der Waals surface area contributed by atoms with Crippen LogP contribution >= 0.6 is 27.3 Å². The molecule has 6 heteroatoms. The number of hydrogen-bond acceptors (Lipinski definition) is 4. The minimum atomic E-state index is 0.120. The molecular weight excluding hydrogens is 324 g/mol. The van der Waals surface area contributed by atoms with E-state index in [9.17, 15) is 0 Å². The quantitative estimate of drug-likeness (QED) is 0.626. The Hall–Kier alpha value is -0.690. The number of aryl methyl sites for hydroxylation is 2. The third-order valence-electron chi connectivity index (χ3n) is 3.18. The molecule has 1 atom stereocenters. The molecule has 0 radical (unpaired) electrons. The van der Waals surface area contributed by atoms with E-state index < -0.39 is 0 Å². The third-order valence-corrected chi connectivity index (χ3v) is 4.70. The molecular formula is C13H19BrN4S. The monoisotopic (exact) mass is 342 g/mol. The minimum absolute atomic E-state index is 0.120. The number of nitrogens with zero attached hydrogens (tertiary/aromatic N) is 2. The Kier molecular flexibility index (Phi) is 5.15. The summed E-state index contributed by atoms with van der Waals surface area (Å²) in [4.78, 5) is 0. The molecule has 0 bridgehead atoms. The number of aromatic nitrogens is 2. The SMILES string of the molecule is CCc1cc(CC(NN)c2csc(Br)c2)n(CC)n1. The predicted molar refractivity (Wildman–Crippen MR) is 83.1 cm³/mol. The second-order valence-corrected chi connectivity index (χ2v) is 6.69. The first kappa shape index (κ1) is 14.7. The van der Waals surface area contributed by atoms with E-state index in [-0.39, 0.29) is 6.04 Å². The molecule has 2 heterocycles. The van der Waals surface area contributed by atoms with Gasteiger partial charge in [-0.3, -0.25) is 16.0 Å². The van der Waals surface area contributed by atoms with Crippen molar-refractivity contribution in [2.75, 3.05) is 0 Å². The van der Waals surface area contributed by atoms with Crippen molar-refractivity contribution < 1.29 is 0 Å². The van der Waals surface area contributed by atoms with E-state index in [0.29, 0.717) is 0 Å². The molecule has 104 valence electrons. The number of rotatable bonds is 6. The fraction of sp³-hybridized carbons (Fsp3) is 0.462. The minimum Gasteiger partial charge on any atom is -0.271 e. The molecule has 0 aliphatic heterocycles. The molecule has 0 saturated carbocycles. The summed E-state index contributed by atoms with van der Waals surface area (Å²) in [6.45, 7) is 5.13. The lowest BCUT2D eigenvalue weighted by atomic mass is 10.1. The Balaban J connectivity index is 2.20. The molecule has 0 spiro atoms. The average molecular weight is 343 g/mol. The van der Waals surface area contributed by atoms with Crippen molar-refractivity contribution >= 4 is 27.3 Å². The van der Waals surface area contributed by atoms with Gasteiger partial charge in [0.25, 0.3) is 0 Å². The lowest BCUT2D eigenvalue weighted by Crippen LogP contribution is -2.29. The van der Waals surface area contributed by atoms with Gasteiger partial charge in [0.1, 0.15) is 0 Å². The number of hydrogen-bond donors (Lipinski definition) is 2. The maximum absolute atomic E-state index is 5.70. The van der Waals surface area contributed by atoms with Crippen molar-refractivity contribution in [2.45, 2.75) is 39.3 Å². The zero-order valence-corrected chi connectivity index (χ0v) is 13.6. The fourth-order valence-electron chi connectivity index (χ4n) is 2.11. The Labute approximate surface area is 126 Å². The summed E-state index contributed by atoms with van der Waals surface area (Å²) in [5, 5.41) is 6.70. The molecule has 0 aromatic carbocycles. The number of nitrogens with one attached hydrogen (secondary N) is 1. The standard InChI is InChI=1S/C13H19BrN4S/c1-3-10-6-11(18(4-2)17-10)7-12(16-15)9-5-13(14)19-8-9/h5-6,8,12,16H,3-4,7,15H2,1-2H3. The van der Waals surface area contributed by atoms with Crippen LogP contribution in [-0.4, -0.2) is 9.78 Å². The van der Waals surface area contributed by atoms with Crippen molar-refractivity contribution in [3.63, 3.8) is 0 Å². The fourth-order valence-corrected chi connectivity index (χ4v) is 3.34. The van der Waals surface area contributed by atoms with Crippen LogP contribution in [0.2, 0.25) is 0 Å². The highest BCUT2D eigenvalue weighted by atomic mass is 79.9. The van der Waals surface area contributed by atoms with Crippen LogP contribution < -0.4 is 11.3 Å². The first-order valence-corrected chi connectivity index (χ1v) is 8.10. The molecule has 0 fully saturated rings. The van der Waals surface area contributed by atoms with Crippen LogP contribution in [0.4, 0.5) is 0 Å². The van der Waals surface area contributed by atoms with Crippen molar-refractivity contribution in [3.05, 3.63) is 38.3 Å². The third kappa shape index (κ3) is 3.45. The number of nitrogens with two attached hydrogens (primary N) is 1. The van der Waals surface area contributed by atoms with Crippen LogP contribution in [0.1, 0.15) is 36.8 Å². The Morgan fingerprint density at radius 3 is 2.79 bits per heavy atom. The summed E-state index contributed by atoms with van der Waals surface area (Å²) in [6, 6.07) is 4.41. The summed E-state index contributed by atoms with van der Waals surface area (Å²) in [5.74, 6) is 5.70. The van der Waals surface area contributed by atoms with E-state index in [2.05, 4.69) is 62.5 Å². The second kappa shape index (κ2) is 6.65. The second-order valence-electron chi connectivity index (χ2n) is 4.40. The van der Waals surface area contributed by atoms with E-state index in [1.807, 2.05) is 0 Å². The molecule has 4 nitrogen and oxygen atoms in total. The molecule has 2 aromatic heterocycles. The summed E-state index contributed by atoms with van der Waals surface area (Å²) < 4.78 is 3.19. The Bertz CT molecular complexity index is 534. The van der Waals surface area contributed by atoms with Crippen LogP contribution in [0.15, 0.2) is 21.3 Å². The smallest absolute Gasteiger partial charge is 0.0701 e. The van der Waals surface area contributed by atoms with Gasteiger partial charge in [-0.2, -0.15) is 5.10 Å². The summed E-state index contributed by atoms with van der Waals surface area (Å²) in [7, 11) is 0. The molecule has 2 aromatic rings. The maximum Gasteiger partial charge on any atom is 0.0701 e. The van der Waals surface area contributed by atoms with Crippen LogP contribution in [0.3, 0.4) is 0 Å². The topological polar surface area (TPSA) is 55.9 Å². The maximum atomic E-state index is 5.70. The predicted octanol–water partition coefficient (Wildman–Crippen LogP) is 3.04. The summed E-state index contributed by atoms with van der Waals surface area (Å²) in [6.07, 6.45) is 1.81. The molecule has 0 amide bonds. The zero-order valence-electron chi connectivity index (χ0n) is 11.2. The molecule has 0 aliphatic carbocycles. The first-order chi connectivity index (χ1) is 9.17. The first-order valence-electron chi connectivity index (χ1n) is 6.43. The van der Waals surface area contributed by atoms with E-state index in [1.54, 1.807) is 11.3 Å². The summed E-state index contributed by atoms with van der Waals surface area (Å²) in [5.41, 5.74) is 6.48. The number of thiophene rings is 1. The molecule has 0 saturated heterocycles. The molecule has 3 N–H and O–H groups in total. The van der Waals surface area contributed by atoms with E-state index in [1.165, 1.54) is 11.3 Å². The lowest BCUT2D eigenvalue weighted by molar-refractivity contribution is 0.517. The van der Waals surface area contributed by atoms with Crippen molar-refractivity contribution in [1.82, 2.24) is 15.2 Å². The lowest BCUT2D eigenvalue weighted by Gasteiger charge is -2.15. The van der Waals surface area contributed by atoms with Crippen LogP contribution in [-0.2, 0) is 19.4 Å². The van der Waals surface area contributed by atoms with Gasteiger partial charge in [-0.25, -0.2) is 0 Å². The van der Waals surface area contributed by atoms with Crippen molar-refractivity contribution in [3.8, 4) is 0 Å². The zero-order chi connectivity index (χ0) is 13.8. The molecule has 2 rings (SSSR count). The van der Waals surface area contributed by atoms with Gasteiger partial charge in [-0.05, 0) is 52.4 Å². The average Bonchev–Trinajstić information content (AvgIpc) is 3.01. The van der Waals surface area contributed by atoms with Gasteiger partial charge >= 0.3 is 0 Å². The van der Waals surface area contributed by atoms with Gasteiger partial charge in [-0.1, -0.05) is 6.92 Å². The van der Waals surface area contributed by atoms with Crippen molar-refractivity contribution in [1.29, 1.82) is 0 Å². The molecule has 0 aliphatic rings. The Morgan fingerprint density at radius 2 is 2.26 bits per heavy atom. The highest BCUT2D eigenvalue weighted by Gasteiger charge is 2.15. The normalized spacial score (nSPS) is 12.8. The number of hydrazine groups is 1. The Morgan fingerprint density at radius 1 is 1.47 bits per heavy atom. The van der Waals surface area contributed by atoms with Gasteiger partial charge in [0.2, 0.25) is 0 Å². The molecule has 19 heavy (non-hydrogen) atoms. The van der Waals surface area contributed by atoms with Crippen molar-refractivity contribution in [2.24, 2.45) is 5.84 Å². The highest BCUT2D eigenvalue weighted by Crippen LogP contribution is 2.27. The van der Waals surface area contributed by atoms with Gasteiger partial charge in [-0.15, -0.1) is 11.3 Å². The van der Waals surface area contributed by atoms with E-state index in [4.69, 9.17) is 5.84 Å². The van der Waals surface area contributed by atoms with Crippen LogP contribution in [0.5, 0.6) is 0 Å². The van der Waals surface area contributed by atoms with Crippen LogP contribution in [0.25, 0.3) is 0 Å². The number of halogens is 1. The highest BCUT2D eigenvalue weighted by molar-refractivity contribution is 9.11. The summed E-state index contributed by atoms with van der Waals surface area (Å²) >= 11 is 5.17. The van der Waals surface area contributed by atoms with Gasteiger partial charge < -0.3 is 0 Å². The largest absolute Gasteiger partial charge is 0.271 e. The van der Waals surface area contributed by atoms with Crippen LogP contribution in [0, 0.1) is 0 Å². The van der Waals surface area contributed by atoms with Gasteiger partial charge in [0.15, 0.2) is 0 Å². The van der Waals surface area contributed by atoms with Gasteiger partial charge in [0.05, 0.1) is 15.5 Å².